The van der Waals surface area contributed by atoms with E-state index in [1.54, 1.807) is 13.2 Å². The highest BCUT2D eigenvalue weighted by Gasteiger charge is 2.25. The van der Waals surface area contributed by atoms with E-state index in [2.05, 4.69) is 0 Å². The van der Waals surface area contributed by atoms with Gasteiger partial charge in [-0.15, -0.1) is 0 Å². The number of ether oxygens (including phenoxy) is 3. The van der Waals surface area contributed by atoms with Gasteiger partial charge in [-0.2, -0.15) is 0 Å². The second-order valence-electron chi connectivity index (χ2n) is 9.74. The van der Waals surface area contributed by atoms with Crippen LogP contribution in [0.5, 0.6) is 23.0 Å². The second kappa shape index (κ2) is 11.1. The summed E-state index contributed by atoms with van der Waals surface area (Å²) in [6.45, 7) is 0.228. The standard InChI is InChI=1S/C35H26FNO5/c1-40-25-12-6-8-21(16-25)20-41-30-18-23-10-3-4-14-27(23)31(33(30)37)32-28-15-5-2-9-22(28)17-29(34(32)38)35(39)42-26-13-7-11-24(36)19-26/h2-19,38H,20,37H2,1H3. The Kier molecular flexibility index (Phi) is 7.07. The molecule has 208 valence electrons. The van der Waals surface area contributed by atoms with E-state index in [1.165, 1.54) is 18.2 Å². The van der Waals surface area contributed by atoms with Crippen LogP contribution in [0.2, 0.25) is 0 Å². The van der Waals surface area contributed by atoms with Gasteiger partial charge in [0.25, 0.3) is 0 Å². The van der Waals surface area contributed by atoms with Gasteiger partial charge in [0, 0.05) is 17.2 Å². The molecule has 0 aliphatic carbocycles. The second-order valence-corrected chi connectivity index (χ2v) is 9.74. The number of fused-ring (bicyclic) bond motifs is 2. The van der Waals surface area contributed by atoms with E-state index in [9.17, 15) is 14.3 Å². The number of carbonyl (C=O) groups is 1. The summed E-state index contributed by atoms with van der Waals surface area (Å²) in [6.07, 6.45) is 0. The molecule has 0 spiro atoms. The summed E-state index contributed by atoms with van der Waals surface area (Å²) in [6, 6.07) is 31.2. The number of rotatable bonds is 7. The third-order valence-corrected chi connectivity index (χ3v) is 7.08. The number of nitrogen functional groups attached to an aromatic ring is 1. The molecule has 42 heavy (non-hydrogen) atoms. The zero-order valence-electron chi connectivity index (χ0n) is 22.6. The quantitative estimate of drug-likeness (QED) is 0.117. The molecule has 0 unspecified atom stereocenters. The van der Waals surface area contributed by atoms with Gasteiger partial charge in [0.2, 0.25) is 0 Å². The summed E-state index contributed by atoms with van der Waals surface area (Å²) >= 11 is 0. The van der Waals surface area contributed by atoms with Crippen molar-refractivity contribution in [3.8, 4) is 34.1 Å². The topological polar surface area (TPSA) is 91.0 Å². The summed E-state index contributed by atoms with van der Waals surface area (Å²) in [7, 11) is 1.60. The first-order valence-electron chi connectivity index (χ1n) is 13.2. The highest BCUT2D eigenvalue weighted by Crippen LogP contribution is 2.48. The lowest BCUT2D eigenvalue weighted by Crippen LogP contribution is -2.10. The first-order valence-corrected chi connectivity index (χ1v) is 13.2. The van der Waals surface area contributed by atoms with Crippen LogP contribution >= 0.6 is 0 Å². The van der Waals surface area contributed by atoms with Crippen LogP contribution < -0.4 is 19.9 Å². The number of hydrogen-bond acceptors (Lipinski definition) is 6. The number of hydrogen-bond donors (Lipinski definition) is 2. The van der Waals surface area contributed by atoms with Crippen molar-refractivity contribution in [1.29, 1.82) is 0 Å². The van der Waals surface area contributed by atoms with Gasteiger partial charge in [-0.25, -0.2) is 9.18 Å². The van der Waals surface area contributed by atoms with Crippen LogP contribution in [-0.4, -0.2) is 18.2 Å². The van der Waals surface area contributed by atoms with E-state index >= 15 is 0 Å². The van der Waals surface area contributed by atoms with Gasteiger partial charge >= 0.3 is 5.97 Å². The van der Waals surface area contributed by atoms with Gasteiger partial charge in [-0.05, 0) is 63.5 Å². The predicted molar refractivity (Wildman–Crippen MR) is 162 cm³/mol. The third kappa shape index (κ3) is 5.04. The molecule has 0 saturated carbocycles. The van der Waals surface area contributed by atoms with Gasteiger partial charge in [0.1, 0.15) is 41.0 Å². The monoisotopic (exact) mass is 559 g/mol. The fraction of sp³-hybridized carbons (Fsp3) is 0.0571. The van der Waals surface area contributed by atoms with Crippen molar-refractivity contribution in [1.82, 2.24) is 0 Å². The molecule has 3 N–H and O–H groups in total. The minimum atomic E-state index is -0.835. The first-order chi connectivity index (χ1) is 20.4. The number of phenolic OH excluding ortho intramolecular Hbond substituents is 1. The Bertz CT molecular complexity index is 1970. The maximum atomic E-state index is 13.8. The number of anilines is 1. The molecule has 6 rings (SSSR count). The highest BCUT2D eigenvalue weighted by atomic mass is 19.1. The molecule has 0 atom stereocenters. The van der Waals surface area contributed by atoms with E-state index in [4.69, 9.17) is 19.9 Å². The molecule has 0 radical (unpaired) electrons. The molecule has 0 heterocycles. The Morgan fingerprint density at radius 1 is 0.786 bits per heavy atom. The molecular weight excluding hydrogens is 533 g/mol. The van der Waals surface area contributed by atoms with Crippen LogP contribution in [0.25, 0.3) is 32.7 Å². The summed E-state index contributed by atoms with van der Waals surface area (Å²) in [5.41, 5.74) is 8.79. The normalized spacial score (nSPS) is 11.0. The van der Waals surface area contributed by atoms with Crippen LogP contribution in [0.4, 0.5) is 10.1 Å². The average Bonchev–Trinajstić information content (AvgIpc) is 3.00. The Hall–Kier alpha value is -5.56. The summed E-state index contributed by atoms with van der Waals surface area (Å²) in [4.78, 5) is 13.3. The Labute approximate surface area is 241 Å². The van der Waals surface area contributed by atoms with Crippen molar-refractivity contribution in [2.45, 2.75) is 6.61 Å². The first kappa shape index (κ1) is 26.7. The maximum absolute atomic E-state index is 13.8. The lowest BCUT2D eigenvalue weighted by molar-refractivity contribution is 0.0731. The largest absolute Gasteiger partial charge is 0.506 e. The van der Waals surface area contributed by atoms with Crippen LogP contribution in [0.15, 0.2) is 109 Å². The van der Waals surface area contributed by atoms with Crippen LogP contribution in [0, 0.1) is 5.82 Å². The van der Waals surface area contributed by atoms with Crippen molar-refractivity contribution >= 4 is 33.2 Å². The Morgan fingerprint density at radius 3 is 2.19 bits per heavy atom. The van der Waals surface area contributed by atoms with E-state index < -0.39 is 11.8 Å². The molecule has 0 aliphatic heterocycles. The van der Waals surface area contributed by atoms with E-state index in [-0.39, 0.29) is 23.7 Å². The van der Waals surface area contributed by atoms with Crippen molar-refractivity contribution in [2.24, 2.45) is 0 Å². The number of nitrogens with two attached hydrogens (primary N) is 1. The maximum Gasteiger partial charge on any atom is 0.347 e. The predicted octanol–water partition coefficient (Wildman–Crippen LogP) is 7.89. The van der Waals surface area contributed by atoms with Crippen molar-refractivity contribution in [2.75, 3.05) is 12.8 Å². The van der Waals surface area contributed by atoms with Crippen molar-refractivity contribution in [3.63, 3.8) is 0 Å². The Morgan fingerprint density at radius 2 is 1.45 bits per heavy atom. The molecular formula is C35H26FNO5. The van der Waals surface area contributed by atoms with Gasteiger partial charge in [0.15, 0.2) is 0 Å². The zero-order valence-corrected chi connectivity index (χ0v) is 22.6. The lowest BCUT2D eigenvalue weighted by Gasteiger charge is -2.20. The number of benzene rings is 6. The molecule has 0 amide bonds. The molecule has 0 aromatic heterocycles. The number of phenols is 1. The third-order valence-electron chi connectivity index (χ3n) is 7.08. The average molecular weight is 560 g/mol. The lowest BCUT2D eigenvalue weighted by atomic mass is 9.89. The smallest absolute Gasteiger partial charge is 0.347 e. The molecule has 6 aromatic rings. The van der Waals surface area contributed by atoms with Gasteiger partial charge in [-0.3, -0.25) is 0 Å². The molecule has 6 nitrogen and oxygen atoms in total. The van der Waals surface area contributed by atoms with Crippen LogP contribution in [0.1, 0.15) is 15.9 Å². The number of aromatic hydroxyl groups is 1. The van der Waals surface area contributed by atoms with E-state index in [0.717, 1.165) is 22.4 Å². The van der Waals surface area contributed by atoms with Gasteiger partial charge < -0.3 is 25.1 Å². The van der Waals surface area contributed by atoms with E-state index in [1.807, 2.05) is 78.9 Å². The number of methoxy groups -OCH3 is 1. The molecule has 0 saturated heterocycles. The van der Waals surface area contributed by atoms with Gasteiger partial charge in [-0.1, -0.05) is 66.7 Å². The number of carbonyl (C=O) groups excluding carboxylic acids is 1. The SMILES string of the molecule is COc1cccc(COc2cc3ccccc3c(-c3c(O)c(C(=O)Oc4cccc(F)c4)cc4ccccc34)c2N)c1. The highest BCUT2D eigenvalue weighted by molar-refractivity contribution is 6.15. The van der Waals surface area contributed by atoms with Crippen molar-refractivity contribution < 1.29 is 28.5 Å². The molecule has 6 aromatic carbocycles. The van der Waals surface area contributed by atoms with Crippen molar-refractivity contribution in [3.05, 3.63) is 126 Å². The van der Waals surface area contributed by atoms with Gasteiger partial charge in [0.05, 0.1) is 12.8 Å². The fourth-order valence-corrected chi connectivity index (χ4v) is 5.09. The molecule has 0 aliphatic rings. The summed E-state index contributed by atoms with van der Waals surface area (Å²) in [5.74, 6) is -0.541. The van der Waals surface area contributed by atoms with Crippen LogP contribution in [0.3, 0.4) is 0 Å². The van der Waals surface area contributed by atoms with Crippen LogP contribution in [-0.2, 0) is 6.61 Å². The summed E-state index contributed by atoms with van der Waals surface area (Å²) in [5, 5.41) is 14.7. The number of esters is 1. The Balaban J connectivity index is 1.52. The number of halogens is 1. The molecule has 0 bridgehead atoms. The molecule has 0 fully saturated rings. The zero-order chi connectivity index (χ0) is 29.2. The fourth-order valence-electron chi connectivity index (χ4n) is 5.09. The molecule has 7 heteroatoms. The minimum Gasteiger partial charge on any atom is -0.506 e. The minimum absolute atomic E-state index is 0.0204. The van der Waals surface area contributed by atoms with E-state index in [0.29, 0.717) is 39.1 Å². The summed E-state index contributed by atoms with van der Waals surface area (Å²) < 4.78 is 30.8.